The summed E-state index contributed by atoms with van der Waals surface area (Å²) < 4.78 is 0. The van der Waals surface area contributed by atoms with Crippen molar-refractivity contribution in [3.8, 4) is 0 Å². The van der Waals surface area contributed by atoms with E-state index in [0.717, 1.165) is 19.3 Å². The molecule has 0 N–H and O–H groups in total. The highest BCUT2D eigenvalue weighted by Crippen LogP contribution is 2.14. The van der Waals surface area contributed by atoms with Gasteiger partial charge >= 0.3 is 0 Å². The van der Waals surface area contributed by atoms with E-state index in [9.17, 15) is 4.79 Å². The molecule has 0 spiro atoms. The van der Waals surface area contributed by atoms with E-state index in [0.29, 0.717) is 5.78 Å². The molecule has 1 aliphatic heterocycles. The van der Waals surface area contributed by atoms with Gasteiger partial charge in [-0.15, -0.1) is 0 Å². The highest BCUT2D eigenvalue weighted by atomic mass is 32.1. The molecule has 0 aromatic carbocycles. The van der Waals surface area contributed by atoms with Gasteiger partial charge in [0.2, 0.25) is 0 Å². The molecule has 0 atom stereocenters. The standard InChI is InChI=1S/C18H33NOS/c1-17(20)13-9-6-4-2-3-5-7-10-14-18(21)19-15-11-8-12-16-19/h2-16H2,1H3. The Bertz CT molecular complexity index is 298. The first-order chi connectivity index (χ1) is 10.2. The lowest BCUT2D eigenvalue weighted by Crippen LogP contribution is -2.34. The highest BCUT2D eigenvalue weighted by molar-refractivity contribution is 7.80. The van der Waals surface area contributed by atoms with Crippen LogP contribution in [0.1, 0.15) is 90.4 Å². The molecule has 0 bridgehead atoms. The average Bonchev–Trinajstić information content (AvgIpc) is 2.49. The van der Waals surface area contributed by atoms with Gasteiger partial charge in [-0.05, 0) is 45.4 Å². The lowest BCUT2D eigenvalue weighted by Gasteiger charge is -2.29. The normalized spacial score (nSPS) is 15.2. The van der Waals surface area contributed by atoms with Crippen LogP contribution >= 0.6 is 12.2 Å². The lowest BCUT2D eigenvalue weighted by atomic mass is 10.1. The van der Waals surface area contributed by atoms with Crippen LogP contribution in [0.2, 0.25) is 0 Å². The third-order valence-corrected chi connectivity index (χ3v) is 4.84. The van der Waals surface area contributed by atoms with Crippen molar-refractivity contribution < 1.29 is 4.79 Å². The van der Waals surface area contributed by atoms with Crippen LogP contribution in [0.3, 0.4) is 0 Å². The Morgan fingerprint density at radius 2 is 1.29 bits per heavy atom. The number of piperidine rings is 1. The maximum Gasteiger partial charge on any atom is 0.129 e. The number of thiocarbonyl (C=S) groups is 1. The van der Waals surface area contributed by atoms with Gasteiger partial charge in [0.25, 0.3) is 0 Å². The Balaban J connectivity index is 1.83. The van der Waals surface area contributed by atoms with E-state index in [1.165, 1.54) is 82.3 Å². The molecule has 0 aromatic heterocycles. The fraction of sp³-hybridized carbons (Fsp3) is 0.889. The number of hydrogen-bond acceptors (Lipinski definition) is 2. The van der Waals surface area contributed by atoms with Gasteiger partial charge in [0, 0.05) is 19.5 Å². The monoisotopic (exact) mass is 311 g/mol. The molecule has 1 rings (SSSR count). The van der Waals surface area contributed by atoms with Crippen LogP contribution in [0.15, 0.2) is 0 Å². The van der Waals surface area contributed by atoms with Crippen molar-refractivity contribution in [2.45, 2.75) is 90.4 Å². The SMILES string of the molecule is CC(=O)CCCCCCCCCCC(=S)N1CCCCC1. The first kappa shape index (κ1) is 18.6. The number of carbonyl (C=O) groups is 1. The second-order valence-electron chi connectivity index (χ2n) is 6.47. The molecule has 0 aliphatic carbocycles. The highest BCUT2D eigenvalue weighted by Gasteiger charge is 2.12. The summed E-state index contributed by atoms with van der Waals surface area (Å²) in [6.07, 6.45) is 16.1. The predicted octanol–water partition coefficient (Wildman–Crippen LogP) is 5.29. The van der Waals surface area contributed by atoms with E-state index >= 15 is 0 Å². The van der Waals surface area contributed by atoms with Crippen LogP contribution < -0.4 is 0 Å². The van der Waals surface area contributed by atoms with Gasteiger partial charge in [-0.2, -0.15) is 0 Å². The van der Waals surface area contributed by atoms with Crippen molar-refractivity contribution in [2.24, 2.45) is 0 Å². The average molecular weight is 312 g/mol. The third kappa shape index (κ3) is 10.00. The molecule has 0 radical (unpaired) electrons. The van der Waals surface area contributed by atoms with Crippen LogP contribution in [0.4, 0.5) is 0 Å². The molecule has 2 nitrogen and oxygen atoms in total. The smallest absolute Gasteiger partial charge is 0.129 e. The zero-order chi connectivity index (χ0) is 15.3. The van der Waals surface area contributed by atoms with Crippen molar-refractivity contribution in [3.05, 3.63) is 0 Å². The first-order valence-corrected chi connectivity index (χ1v) is 9.38. The van der Waals surface area contributed by atoms with Crippen molar-refractivity contribution in [1.29, 1.82) is 0 Å². The fourth-order valence-electron chi connectivity index (χ4n) is 3.01. The second-order valence-corrected chi connectivity index (χ2v) is 6.94. The van der Waals surface area contributed by atoms with Gasteiger partial charge in [-0.25, -0.2) is 0 Å². The van der Waals surface area contributed by atoms with E-state index in [2.05, 4.69) is 4.90 Å². The van der Waals surface area contributed by atoms with Crippen molar-refractivity contribution in [3.63, 3.8) is 0 Å². The Hall–Kier alpha value is -0.440. The maximum atomic E-state index is 10.8. The Morgan fingerprint density at radius 3 is 1.81 bits per heavy atom. The number of ketones is 1. The summed E-state index contributed by atoms with van der Waals surface area (Å²) in [5.74, 6) is 0.333. The quantitative estimate of drug-likeness (QED) is 0.382. The topological polar surface area (TPSA) is 20.3 Å². The summed E-state index contributed by atoms with van der Waals surface area (Å²) >= 11 is 5.54. The molecule has 0 aromatic rings. The molecular weight excluding hydrogens is 278 g/mol. The van der Waals surface area contributed by atoms with Crippen LogP contribution in [0.5, 0.6) is 0 Å². The van der Waals surface area contributed by atoms with Crippen molar-refractivity contribution in [2.75, 3.05) is 13.1 Å². The molecular formula is C18H33NOS. The van der Waals surface area contributed by atoms with E-state index in [4.69, 9.17) is 12.2 Å². The molecule has 0 saturated carbocycles. The number of nitrogens with zero attached hydrogens (tertiary/aromatic N) is 1. The molecule has 1 fully saturated rings. The molecule has 122 valence electrons. The van der Waals surface area contributed by atoms with Crippen LogP contribution in [-0.4, -0.2) is 28.8 Å². The van der Waals surface area contributed by atoms with Crippen LogP contribution in [0.25, 0.3) is 0 Å². The van der Waals surface area contributed by atoms with Gasteiger partial charge in [0.05, 0.1) is 4.99 Å². The summed E-state index contributed by atoms with van der Waals surface area (Å²) in [7, 11) is 0. The molecule has 1 aliphatic rings. The minimum absolute atomic E-state index is 0.333. The summed E-state index contributed by atoms with van der Waals surface area (Å²) in [5.41, 5.74) is 0. The van der Waals surface area contributed by atoms with E-state index in [-0.39, 0.29) is 0 Å². The number of unbranched alkanes of at least 4 members (excludes halogenated alkanes) is 7. The van der Waals surface area contributed by atoms with E-state index in [1.807, 2.05) is 0 Å². The number of carbonyl (C=O) groups excluding carboxylic acids is 1. The predicted molar refractivity (Wildman–Crippen MR) is 94.9 cm³/mol. The summed E-state index contributed by atoms with van der Waals surface area (Å²) in [4.78, 5) is 14.4. The first-order valence-electron chi connectivity index (χ1n) is 8.97. The fourth-order valence-corrected chi connectivity index (χ4v) is 3.34. The minimum Gasteiger partial charge on any atom is -0.366 e. The maximum absolute atomic E-state index is 10.8. The zero-order valence-corrected chi connectivity index (χ0v) is 14.7. The van der Waals surface area contributed by atoms with Crippen LogP contribution in [0, 0.1) is 0 Å². The number of likely N-dealkylation sites (tertiary alicyclic amines) is 1. The van der Waals surface area contributed by atoms with Crippen molar-refractivity contribution >= 4 is 23.0 Å². The molecule has 1 saturated heterocycles. The van der Waals surface area contributed by atoms with Gasteiger partial charge < -0.3 is 9.69 Å². The number of Topliss-reactive ketones (excluding diaryl/α,β-unsaturated/α-hetero) is 1. The Labute approximate surface area is 136 Å². The van der Waals surface area contributed by atoms with Gasteiger partial charge in [-0.3, -0.25) is 0 Å². The number of hydrogen-bond donors (Lipinski definition) is 0. The van der Waals surface area contributed by atoms with Gasteiger partial charge in [0.15, 0.2) is 0 Å². The van der Waals surface area contributed by atoms with E-state index in [1.54, 1.807) is 6.92 Å². The molecule has 0 amide bonds. The largest absolute Gasteiger partial charge is 0.366 e. The summed E-state index contributed by atoms with van der Waals surface area (Å²) in [6, 6.07) is 0. The molecule has 1 heterocycles. The van der Waals surface area contributed by atoms with Gasteiger partial charge in [0.1, 0.15) is 5.78 Å². The molecule has 0 unspecified atom stereocenters. The number of rotatable bonds is 11. The third-order valence-electron chi connectivity index (χ3n) is 4.38. The van der Waals surface area contributed by atoms with E-state index < -0.39 is 0 Å². The van der Waals surface area contributed by atoms with Crippen molar-refractivity contribution in [1.82, 2.24) is 4.90 Å². The lowest BCUT2D eigenvalue weighted by molar-refractivity contribution is -0.117. The summed E-state index contributed by atoms with van der Waals surface area (Å²) in [6.45, 7) is 4.08. The minimum atomic E-state index is 0.333. The molecule has 21 heavy (non-hydrogen) atoms. The van der Waals surface area contributed by atoms with Gasteiger partial charge in [-0.1, -0.05) is 50.7 Å². The Kier molecular flexibility index (Phi) is 10.8. The van der Waals surface area contributed by atoms with Crippen LogP contribution in [-0.2, 0) is 4.79 Å². The summed E-state index contributed by atoms with van der Waals surface area (Å²) in [5, 5.41) is 0. The second kappa shape index (κ2) is 12.1. The Morgan fingerprint density at radius 1 is 0.810 bits per heavy atom. The zero-order valence-electron chi connectivity index (χ0n) is 13.9. The molecule has 3 heteroatoms.